The molecule has 8 nitrogen and oxygen atoms in total. The van der Waals surface area contributed by atoms with Crippen molar-refractivity contribution in [3.05, 3.63) is 62.2 Å². The van der Waals surface area contributed by atoms with Gasteiger partial charge < -0.3 is 15.0 Å². The molecule has 1 fully saturated rings. The Balaban J connectivity index is 1.68. The number of amides is 1. The highest BCUT2D eigenvalue weighted by atomic mass is 32.2. The summed E-state index contributed by atoms with van der Waals surface area (Å²) in [5.74, 6) is 0.448. The first-order valence-electron chi connectivity index (χ1n) is 9.57. The van der Waals surface area contributed by atoms with Crippen molar-refractivity contribution in [3.8, 4) is 0 Å². The molecule has 0 radical (unpaired) electrons. The third-order valence-electron chi connectivity index (χ3n) is 5.48. The van der Waals surface area contributed by atoms with Crippen molar-refractivity contribution in [2.45, 2.75) is 24.1 Å². The van der Waals surface area contributed by atoms with E-state index in [0.717, 1.165) is 23.7 Å². The zero-order chi connectivity index (χ0) is 20.0. The molecule has 0 saturated carbocycles. The molecule has 3 aromatic rings. The van der Waals surface area contributed by atoms with Gasteiger partial charge in [-0.1, -0.05) is 18.2 Å². The molecule has 2 aromatic heterocycles. The number of carbonyl (C=O) groups is 1. The van der Waals surface area contributed by atoms with Gasteiger partial charge in [-0.3, -0.25) is 24.2 Å². The molecule has 1 atom stereocenters. The zero-order valence-corrected chi connectivity index (χ0v) is 16.4. The summed E-state index contributed by atoms with van der Waals surface area (Å²) >= 11 is 1.29. The molecular weight excluding hydrogens is 392 g/mol. The van der Waals surface area contributed by atoms with E-state index in [1.165, 1.54) is 11.8 Å². The SMILES string of the molecule is O=C1CS[C@@H](c2cc3ccccc3[nH]c2=O)c2c(n(C3CCOCC3)[nH]c2=O)N1. The third kappa shape index (κ3) is 3.20. The lowest BCUT2D eigenvalue weighted by Crippen LogP contribution is -2.24. The number of H-pyrrole nitrogens is 2. The molecular formula is C20H20N4O4S. The Labute approximate surface area is 169 Å². The minimum Gasteiger partial charge on any atom is -0.381 e. The van der Waals surface area contributed by atoms with Crippen molar-refractivity contribution in [2.75, 3.05) is 24.3 Å². The lowest BCUT2D eigenvalue weighted by Gasteiger charge is -2.25. The number of pyridine rings is 1. The van der Waals surface area contributed by atoms with E-state index in [4.69, 9.17) is 4.74 Å². The fourth-order valence-corrected chi connectivity index (χ4v) is 5.20. The molecule has 1 amide bonds. The molecule has 3 N–H and O–H groups in total. The monoisotopic (exact) mass is 412 g/mol. The maximum Gasteiger partial charge on any atom is 0.270 e. The van der Waals surface area contributed by atoms with Crippen LogP contribution in [0.1, 0.15) is 35.3 Å². The third-order valence-corrected chi connectivity index (χ3v) is 6.74. The lowest BCUT2D eigenvalue weighted by atomic mass is 10.0. The Morgan fingerprint density at radius 3 is 2.69 bits per heavy atom. The fraction of sp³-hybridized carbons (Fsp3) is 0.350. The Morgan fingerprint density at radius 2 is 1.86 bits per heavy atom. The standard InChI is InChI=1S/C20H20N4O4S/c25-15-10-29-17(13-9-11-3-1-2-4-14(11)21-19(13)26)16-18(22-15)24(23-20(16)27)12-5-7-28-8-6-12/h1-4,9,12,17H,5-8,10H2,(H,21,26)(H,22,25)(H,23,27)/t17-/m0/s1. The van der Waals surface area contributed by atoms with Crippen molar-refractivity contribution in [1.29, 1.82) is 0 Å². The molecule has 29 heavy (non-hydrogen) atoms. The molecule has 0 aliphatic carbocycles. The lowest BCUT2D eigenvalue weighted by molar-refractivity contribution is -0.113. The molecule has 150 valence electrons. The van der Waals surface area contributed by atoms with Gasteiger partial charge in [-0.15, -0.1) is 11.8 Å². The zero-order valence-electron chi connectivity index (χ0n) is 15.6. The number of thioether (sulfide) groups is 1. The Bertz CT molecular complexity index is 1210. The van der Waals surface area contributed by atoms with E-state index in [2.05, 4.69) is 15.4 Å². The summed E-state index contributed by atoms with van der Waals surface area (Å²) in [7, 11) is 0. The van der Waals surface area contributed by atoms with Crippen LogP contribution in [0.2, 0.25) is 0 Å². The first-order valence-corrected chi connectivity index (χ1v) is 10.6. The second-order valence-corrected chi connectivity index (χ2v) is 8.39. The number of nitrogens with zero attached hydrogens (tertiary/aromatic N) is 1. The van der Waals surface area contributed by atoms with Crippen LogP contribution in [0.3, 0.4) is 0 Å². The molecule has 9 heteroatoms. The van der Waals surface area contributed by atoms with Gasteiger partial charge in [0.25, 0.3) is 11.1 Å². The van der Waals surface area contributed by atoms with Crippen LogP contribution in [0.25, 0.3) is 10.9 Å². The number of ether oxygens (including phenoxy) is 1. The summed E-state index contributed by atoms with van der Waals surface area (Å²) < 4.78 is 7.18. The van der Waals surface area contributed by atoms with Gasteiger partial charge in [-0.25, -0.2) is 0 Å². The number of fused-ring (bicyclic) bond motifs is 2. The smallest absolute Gasteiger partial charge is 0.270 e. The van der Waals surface area contributed by atoms with Crippen LogP contribution in [-0.4, -0.2) is 39.6 Å². The highest BCUT2D eigenvalue weighted by Gasteiger charge is 2.33. The maximum absolute atomic E-state index is 13.0. The Hall–Kier alpha value is -2.78. The van der Waals surface area contributed by atoms with Gasteiger partial charge in [0.1, 0.15) is 5.82 Å². The summed E-state index contributed by atoms with van der Waals surface area (Å²) in [5, 5.41) is 6.12. The molecule has 1 aromatic carbocycles. The second kappa shape index (κ2) is 7.23. The molecule has 1 saturated heterocycles. The quantitative estimate of drug-likeness (QED) is 0.598. The molecule has 2 aliphatic heterocycles. The van der Waals surface area contributed by atoms with Crippen molar-refractivity contribution in [3.63, 3.8) is 0 Å². The minimum atomic E-state index is -0.540. The second-order valence-electron chi connectivity index (χ2n) is 7.30. The molecule has 5 rings (SSSR count). The van der Waals surface area contributed by atoms with E-state index in [-0.39, 0.29) is 28.8 Å². The van der Waals surface area contributed by atoms with Crippen LogP contribution in [0.5, 0.6) is 0 Å². The van der Waals surface area contributed by atoms with Gasteiger partial charge in [-0.05, 0) is 30.4 Å². The molecule has 2 aliphatic rings. The summed E-state index contributed by atoms with van der Waals surface area (Å²) in [6, 6.07) is 9.37. The predicted molar refractivity (Wildman–Crippen MR) is 112 cm³/mol. The van der Waals surface area contributed by atoms with E-state index >= 15 is 0 Å². The summed E-state index contributed by atoms with van der Waals surface area (Å²) in [6.07, 6.45) is 1.50. The number of anilines is 1. The van der Waals surface area contributed by atoms with E-state index in [1.807, 2.05) is 30.3 Å². The number of hydrogen-bond acceptors (Lipinski definition) is 5. The summed E-state index contributed by atoms with van der Waals surface area (Å²) in [5.41, 5.74) is 1.11. The number of benzene rings is 1. The van der Waals surface area contributed by atoms with E-state index in [9.17, 15) is 14.4 Å². The normalized spacial score (nSPS) is 20.3. The van der Waals surface area contributed by atoms with Crippen molar-refractivity contribution in [2.24, 2.45) is 0 Å². The molecule has 0 spiro atoms. The van der Waals surface area contributed by atoms with Crippen LogP contribution in [0.15, 0.2) is 39.9 Å². The largest absolute Gasteiger partial charge is 0.381 e. The highest BCUT2D eigenvalue weighted by Crippen LogP contribution is 2.40. The average Bonchev–Trinajstić information content (AvgIpc) is 2.94. The number of rotatable bonds is 2. The van der Waals surface area contributed by atoms with Crippen LogP contribution >= 0.6 is 11.8 Å². The van der Waals surface area contributed by atoms with E-state index in [0.29, 0.717) is 30.2 Å². The number of carbonyl (C=O) groups excluding carboxylic acids is 1. The first kappa shape index (κ1) is 18.3. The Kier molecular flexibility index (Phi) is 4.56. The van der Waals surface area contributed by atoms with Crippen molar-refractivity contribution >= 4 is 34.4 Å². The van der Waals surface area contributed by atoms with Gasteiger partial charge in [0.2, 0.25) is 5.91 Å². The van der Waals surface area contributed by atoms with Gasteiger partial charge >= 0.3 is 0 Å². The first-order chi connectivity index (χ1) is 14.1. The maximum atomic E-state index is 13.0. The van der Waals surface area contributed by atoms with Crippen LogP contribution in [0.4, 0.5) is 5.82 Å². The van der Waals surface area contributed by atoms with Crippen LogP contribution < -0.4 is 16.4 Å². The molecule has 0 bridgehead atoms. The number of aromatic amines is 2. The number of para-hydroxylation sites is 1. The van der Waals surface area contributed by atoms with Crippen molar-refractivity contribution < 1.29 is 9.53 Å². The van der Waals surface area contributed by atoms with Crippen molar-refractivity contribution in [1.82, 2.24) is 14.8 Å². The minimum absolute atomic E-state index is 0.0409. The number of hydrogen-bond donors (Lipinski definition) is 3. The molecule has 4 heterocycles. The number of nitrogens with one attached hydrogen (secondary N) is 3. The predicted octanol–water partition coefficient (Wildman–Crippen LogP) is 2.14. The summed E-state index contributed by atoms with van der Waals surface area (Å²) in [6.45, 7) is 1.21. The van der Waals surface area contributed by atoms with E-state index in [1.54, 1.807) is 4.68 Å². The van der Waals surface area contributed by atoms with Gasteiger partial charge in [0, 0.05) is 24.3 Å². The summed E-state index contributed by atoms with van der Waals surface area (Å²) in [4.78, 5) is 41.1. The van der Waals surface area contributed by atoms with Gasteiger partial charge in [-0.2, -0.15) is 0 Å². The fourth-order valence-electron chi connectivity index (χ4n) is 4.07. The van der Waals surface area contributed by atoms with Gasteiger partial charge in [0.05, 0.1) is 22.6 Å². The van der Waals surface area contributed by atoms with Gasteiger partial charge in [0.15, 0.2) is 0 Å². The molecule has 0 unspecified atom stereocenters. The number of aromatic nitrogens is 3. The van der Waals surface area contributed by atoms with E-state index < -0.39 is 5.25 Å². The highest BCUT2D eigenvalue weighted by molar-refractivity contribution is 8.00. The van der Waals surface area contributed by atoms with Crippen LogP contribution in [-0.2, 0) is 9.53 Å². The average molecular weight is 412 g/mol. The Morgan fingerprint density at radius 1 is 1.07 bits per heavy atom. The topological polar surface area (TPSA) is 109 Å². The van der Waals surface area contributed by atoms with Crippen LogP contribution in [0, 0.1) is 0 Å².